The zero-order valence-electron chi connectivity index (χ0n) is 22.3. The molecule has 2 heterocycles. The Labute approximate surface area is 234 Å². The number of likely N-dealkylation sites (tertiary alicyclic amines) is 1. The Morgan fingerprint density at radius 2 is 1.90 bits per heavy atom. The van der Waals surface area contributed by atoms with Crippen molar-refractivity contribution in [2.45, 2.75) is 31.8 Å². The van der Waals surface area contributed by atoms with Crippen LogP contribution in [0.15, 0.2) is 71.5 Å². The van der Waals surface area contributed by atoms with E-state index in [1.807, 2.05) is 19.1 Å². The summed E-state index contributed by atoms with van der Waals surface area (Å²) < 4.78 is 33.1. The number of aromatic nitrogens is 1. The summed E-state index contributed by atoms with van der Waals surface area (Å²) in [4.78, 5) is 42.8. The predicted molar refractivity (Wildman–Crippen MR) is 146 cm³/mol. The number of esters is 1. The first-order valence-corrected chi connectivity index (χ1v) is 12.9. The Balaban J connectivity index is 1.61. The number of rotatable bonds is 10. The van der Waals surface area contributed by atoms with Gasteiger partial charge in [0.25, 0.3) is 5.78 Å². The number of nitro benzene ring substituents is 1. The van der Waals surface area contributed by atoms with E-state index in [2.05, 4.69) is 15.0 Å². The molecule has 1 aliphatic heterocycles. The van der Waals surface area contributed by atoms with Crippen LogP contribution in [0.2, 0.25) is 0 Å². The monoisotopic (exact) mass is 562 g/mol. The fourth-order valence-corrected chi connectivity index (χ4v) is 4.83. The van der Waals surface area contributed by atoms with Crippen LogP contribution in [0.5, 0.6) is 5.75 Å². The number of alkyl halides is 1. The Morgan fingerprint density at radius 1 is 1.15 bits per heavy atom. The molecule has 0 amide bonds. The molecule has 2 unspecified atom stereocenters. The Hall–Kier alpha value is -4.84. The number of ketones is 1. The molecule has 12 heteroatoms. The maximum atomic E-state index is 17.3. The highest BCUT2D eigenvalue weighted by atomic mass is 19.2. The fraction of sp³-hybridized carbons (Fsp3) is 0.276. The summed E-state index contributed by atoms with van der Waals surface area (Å²) in [6.07, 6.45) is 2.47. The van der Waals surface area contributed by atoms with Gasteiger partial charge in [-0.25, -0.2) is 14.7 Å². The Kier molecular flexibility index (Phi) is 7.66. The Bertz CT molecular complexity index is 1620. The number of methoxy groups -OCH3 is 1. The van der Waals surface area contributed by atoms with Crippen molar-refractivity contribution in [2.75, 3.05) is 25.5 Å². The fourth-order valence-electron chi connectivity index (χ4n) is 4.83. The maximum Gasteiger partial charge on any atom is 0.374 e. The highest BCUT2D eigenvalue weighted by molar-refractivity contribution is 5.95. The average molecular weight is 563 g/mol. The zero-order valence-corrected chi connectivity index (χ0v) is 22.3. The van der Waals surface area contributed by atoms with Crippen molar-refractivity contribution in [2.24, 2.45) is 0 Å². The van der Waals surface area contributed by atoms with Gasteiger partial charge in [0.1, 0.15) is 11.6 Å². The molecule has 212 valence electrons. The molecule has 2 atom stereocenters. The quantitative estimate of drug-likeness (QED) is 0.116. The van der Waals surface area contributed by atoms with Gasteiger partial charge in [-0.3, -0.25) is 14.9 Å². The number of para-hydroxylation sites is 1. The number of anilines is 1. The van der Waals surface area contributed by atoms with E-state index in [0.29, 0.717) is 35.2 Å². The van der Waals surface area contributed by atoms with E-state index in [-0.39, 0.29) is 18.7 Å². The van der Waals surface area contributed by atoms with Crippen molar-refractivity contribution in [3.8, 4) is 5.75 Å². The summed E-state index contributed by atoms with van der Waals surface area (Å²) in [6, 6.07) is 14.0. The minimum Gasteiger partial charge on any atom is -0.465 e. The van der Waals surface area contributed by atoms with Crippen molar-refractivity contribution >= 4 is 34.2 Å². The van der Waals surface area contributed by atoms with E-state index < -0.39 is 40.1 Å². The van der Waals surface area contributed by atoms with Gasteiger partial charge in [0, 0.05) is 24.8 Å². The molecular formula is C29H27FN4O7. The highest BCUT2D eigenvalue weighted by Crippen LogP contribution is 2.38. The molecule has 4 aromatic rings. The molecule has 0 spiro atoms. The minimum atomic E-state index is -3.11. The second-order valence-electron chi connectivity index (χ2n) is 9.62. The molecule has 0 saturated carbocycles. The van der Waals surface area contributed by atoms with Gasteiger partial charge in [-0.1, -0.05) is 24.3 Å². The molecule has 1 aromatic heterocycles. The maximum absolute atomic E-state index is 17.3. The molecule has 1 fully saturated rings. The zero-order chi connectivity index (χ0) is 29.1. The summed E-state index contributed by atoms with van der Waals surface area (Å²) in [6.45, 7) is 2.22. The topological polar surface area (TPSA) is 137 Å². The number of oxazole rings is 1. The predicted octanol–water partition coefficient (Wildman–Crippen LogP) is 5.35. The van der Waals surface area contributed by atoms with E-state index in [0.717, 1.165) is 24.8 Å². The lowest BCUT2D eigenvalue weighted by atomic mass is 9.98. The number of nitrogens with one attached hydrogen (secondary N) is 1. The lowest BCUT2D eigenvalue weighted by molar-refractivity contribution is -0.386. The van der Waals surface area contributed by atoms with Crippen LogP contribution in [-0.4, -0.2) is 52.7 Å². The van der Waals surface area contributed by atoms with Crippen LogP contribution >= 0.6 is 0 Å². The normalized spacial score (nSPS) is 15.7. The molecule has 1 saturated heterocycles. The van der Waals surface area contributed by atoms with Crippen molar-refractivity contribution in [1.29, 1.82) is 0 Å². The van der Waals surface area contributed by atoms with Crippen LogP contribution in [-0.2, 0) is 9.53 Å². The van der Waals surface area contributed by atoms with Crippen molar-refractivity contribution in [3.63, 3.8) is 0 Å². The lowest BCUT2D eigenvalue weighted by Crippen LogP contribution is -2.57. The molecule has 1 aliphatic rings. The van der Waals surface area contributed by atoms with Gasteiger partial charge < -0.3 is 19.2 Å². The molecule has 41 heavy (non-hydrogen) atoms. The lowest BCUT2D eigenvalue weighted by Gasteiger charge is -2.35. The molecule has 0 aliphatic carbocycles. The summed E-state index contributed by atoms with van der Waals surface area (Å²) in [7, 11) is 1.13. The summed E-state index contributed by atoms with van der Waals surface area (Å²) >= 11 is 0. The number of nitro groups is 1. The van der Waals surface area contributed by atoms with E-state index >= 15 is 4.39 Å². The van der Waals surface area contributed by atoms with Crippen LogP contribution in [0.4, 0.5) is 15.8 Å². The number of fused-ring (bicyclic) bond motifs is 1. The van der Waals surface area contributed by atoms with Crippen molar-refractivity contribution < 1.29 is 32.8 Å². The number of hydrogen-bond acceptors (Lipinski definition) is 10. The van der Waals surface area contributed by atoms with Gasteiger partial charge in [0.2, 0.25) is 5.75 Å². The molecule has 0 radical (unpaired) electrons. The molecule has 0 bridgehead atoms. The van der Waals surface area contributed by atoms with Crippen LogP contribution in [0.3, 0.4) is 0 Å². The standard InChI is InChI=1S/C29H27FN4O7/c1-18-7-3-4-8-21(18)32-26(19-9-11-22-25(16-19)40-17-31-22)27(35)29(30,33-13-5-6-14-33)41-24-12-10-20(28(36)39-2)15-23(24)34(37)38/h3-4,7-12,15-17,26,32H,5-6,13-14H2,1-2H3. The number of carbonyl (C=O) groups is 2. The highest BCUT2D eigenvalue weighted by Gasteiger charge is 2.52. The smallest absolute Gasteiger partial charge is 0.374 e. The van der Waals surface area contributed by atoms with E-state index in [1.54, 1.807) is 30.3 Å². The van der Waals surface area contributed by atoms with Crippen LogP contribution in [0.25, 0.3) is 11.1 Å². The van der Waals surface area contributed by atoms with Crippen molar-refractivity contribution in [3.05, 3.63) is 93.9 Å². The van der Waals surface area contributed by atoms with Gasteiger partial charge >= 0.3 is 17.6 Å². The van der Waals surface area contributed by atoms with Gasteiger partial charge in [0.15, 0.2) is 12.0 Å². The van der Waals surface area contributed by atoms with E-state index in [4.69, 9.17) is 9.15 Å². The van der Waals surface area contributed by atoms with Gasteiger partial charge in [0.05, 0.1) is 17.6 Å². The summed E-state index contributed by atoms with van der Waals surface area (Å²) in [5, 5.41) is 15.1. The van der Waals surface area contributed by atoms with Crippen LogP contribution < -0.4 is 10.1 Å². The minimum absolute atomic E-state index is 0.122. The third kappa shape index (κ3) is 5.46. The van der Waals surface area contributed by atoms with Crippen molar-refractivity contribution in [1.82, 2.24) is 9.88 Å². The number of Topliss-reactive ketones (excluding diaryl/α,β-unsaturated/α-hetero) is 1. The molecule has 3 aromatic carbocycles. The van der Waals surface area contributed by atoms with Gasteiger partial charge in [-0.2, -0.15) is 4.39 Å². The summed E-state index contributed by atoms with van der Waals surface area (Å²) in [5.74, 6) is -5.45. The molecule has 11 nitrogen and oxygen atoms in total. The number of hydrogen-bond donors (Lipinski definition) is 1. The third-order valence-corrected chi connectivity index (χ3v) is 7.03. The van der Waals surface area contributed by atoms with Crippen LogP contribution in [0.1, 0.15) is 40.4 Å². The second-order valence-corrected chi connectivity index (χ2v) is 9.62. The summed E-state index contributed by atoms with van der Waals surface area (Å²) in [5.41, 5.74) is 1.92. The largest absolute Gasteiger partial charge is 0.465 e. The number of halogens is 1. The first-order chi connectivity index (χ1) is 19.7. The molecule has 1 N–H and O–H groups in total. The number of ether oxygens (including phenoxy) is 2. The number of benzene rings is 3. The second kappa shape index (κ2) is 11.3. The Morgan fingerprint density at radius 3 is 2.61 bits per heavy atom. The molecule has 5 rings (SSSR count). The first-order valence-electron chi connectivity index (χ1n) is 12.9. The number of nitrogens with zero attached hydrogens (tertiary/aromatic N) is 3. The molecular weight excluding hydrogens is 535 g/mol. The third-order valence-electron chi connectivity index (χ3n) is 7.03. The van der Waals surface area contributed by atoms with Gasteiger partial charge in [-0.05, 0) is 61.2 Å². The first kappa shape index (κ1) is 27.7. The van der Waals surface area contributed by atoms with Gasteiger partial charge in [-0.15, -0.1) is 0 Å². The average Bonchev–Trinajstić information content (AvgIpc) is 3.69. The van der Waals surface area contributed by atoms with Crippen LogP contribution in [0, 0.1) is 17.0 Å². The number of aryl methyl sites for hydroxylation is 1. The van der Waals surface area contributed by atoms with E-state index in [9.17, 15) is 19.7 Å². The number of carbonyl (C=O) groups excluding carboxylic acids is 2. The van der Waals surface area contributed by atoms with E-state index in [1.165, 1.54) is 17.4 Å². The SMILES string of the molecule is COC(=O)c1ccc(OC(F)(C(=O)C(Nc2ccccc2C)c2ccc3ncoc3c2)N2CCCC2)c([N+](=O)[O-])c1.